The molecule has 7 heteroatoms. The number of carbonyl (C=O) groups is 1. The highest BCUT2D eigenvalue weighted by atomic mass is 16.3. The molecule has 3 unspecified atom stereocenters. The molecule has 20 heavy (non-hydrogen) atoms. The van der Waals surface area contributed by atoms with Crippen molar-refractivity contribution in [3.05, 3.63) is 12.7 Å². The van der Waals surface area contributed by atoms with Gasteiger partial charge in [-0.2, -0.15) is 5.10 Å². The fourth-order valence-corrected chi connectivity index (χ4v) is 2.54. The standard InChI is InChI=1S/C13H23N5O2/c1-10(6-18-9-14-8-15-18)16-13(20)17-5-3-4-12(7-17)11(2)19/h8-12,19H,3-7H2,1-2H3,(H,16,20). The van der Waals surface area contributed by atoms with Crippen molar-refractivity contribution in [3.8, 4) is 0 Å². The largest absolute Gasteiger partial charge is 0.393 e. The zero-order valence-electron chi connectivity index (χ0n) is 12.1. The van der Waals surface area contributed by atoms with Crippen molar-refractivity contribution in [2.45, 2.75) is 45.4 Å². The Bertz CT molecular complexity index is 420. The molecule has 0 aromatic carbocycles. The van der Waals surface area contributed by atoms with Gasteiger partial charge in [0, 0.05) is 25.0 Å². The lowest BCUT2D eigenvalue weighted by Gasteiger charge is -2.34. The molecule has 1 aliphatic rings. The lowest BCUT2D eigenvalue weighted by Crippen LogP contribution is -2.50. The number of amides is 2. The second kappa shape index (κ2) is 6.69. The molecule has 2 amide bonds. The molecule has 0 radical (unpaired) electrons. The molecule has 0 spiro atoms. The topological polar surface area (TPSA) is 83.3 Å². The van der Waals surface area contributed by atoms with Crippen molar-refractivity contribution in [1.29, 1.82) is 0 Å². The van der Waals surface area contributed by atoms with E-state index in [-0.39, 0.29) is 24.1 Å². The van der Waals surface area contributed by atoms with Crippen LogP contribution in [0.2, 0.25) is 0 Å². The Morgan fingerprint density at radius 1 is 1.55 bits per heavy atom. The molecule has 1 aromatic rings. The summed E-state index contributed by atoms with van der Waals surface area (Å²) in [6.45, 7) is 5.71. The second-order valence-corrected chi connectivity index (χ2v) is 5.56. The molecule has 1 saturated heterocycles. The summed E-state index contributed by atoms with van der Waals surface area (Å²) in [4.78, 5) is 17.9. The van der Waals surface area contributed by atoms with E-state index in [2.05, 4.69) is 15.4 Å². The van der Waals surface area contributed by atoms with Crippen LogP contribution in [0.5, 0.6) is 0 Å². The fourth-order valence-electron chi connectivity index (χ4n) is 2.54. The van der Waals surface area contributed by atoms with Gasteiger partial charge in [0.2, 0.25) is 0 Å². The van der Waals surface area contributed by atoms with Crippen LogP contribution in [0, 0.1) is 5.92 Å². The van der Waals surface area contributed by atoms with Crippen molar-refractivity contribution in [2.24, 2.45) is 5.92 Å². The molecule has 7 nitrogen and oxygen atoms in total. The molecule has 2 heterocycles. The maximum Gasteiger partial charge on any atom is 0.317 e. The van der Waals surface area contributed by atoms with Gasteiger partial charge in [0.1, 0.15) is 12.7 Å². The zero-order valence-corrected chi connectivity index (χ0v) is 12.1. The van der Waals surface area contributed by atoms with Crippen molar-refractivity contribution in [3.63, 3.8) is 0 Å². The Morgan fingerprint density at radius 3 is 3.00 bits per heavy atom. The number of hydrogen-bond donors (Lipinski definition) is 2. The van der Waals surface area contributed by atoms with Gasteiger partial charge in [0.05, 0.1) is 12.6 Å². The van der Waals surface area contributed by atoms with Gasteiger partial charge in [-0.15, -0.1) is 0 Å². The molecule has 1 aliphatic heterocycles. The SMILES string of the molecule is CC(Cn1cncn1)NC(=O)N1CCCC(C(C)O)C1. The van der Waals surface area contributed by atoms with Gasteiger partial charge in [0.25, 0.3) is 0 Å². The zero-order chi connectivity index (χ0) is 14.5. The molecule has 1 fully saturated rings. The van der Waals surface area contributed by atoms with E-state index in [0.29, 0.717) is 13.1 Å². The van der Waals surface area contributed by atoms with E-state index in [1.54, 1.807) is 22.8 Å². The Balaban J connectivity index is 1.81. The van der Waals surface area contributed by atoms with E-state index >= 15 is 0 Å². The van der Waals surface area contributed by atoms with Crippen molar-refractivity contribution < 1.29 is 9.90 Å². The number of nitrogens with one attached hydrogen (secondary N) is 1. The molecule has 3 atom stereocenters. The number of likely N-dealkylation sites (tertiary alicyclic amines) is 1. The maximum atomic E-state index is 12.2. The molecule has 0 aliphatic carbocycles. The number of aliphatic hydroxyl groups is 1. The molecule has 0 bridgehead atoms. The van der Waals surface area contributed by atoms with Gasteiger partial charge in [0.15, 0.2) is 0 Å². The summed E-state index contributed by atoms with van der Waals surface area (Å²) < 4.78 is 1.69. The smallest absolute Gasteiger partial charge is 0.317 e. The van der Waals surface area contributed by atoms with Crippen LogP contribution in [0.15, 0.2) is 12.7 Å². The third-order valence-corrected chi connectivity index (χ3v) is 3.72. The van der Waals surface area contributed by atoms with Crippen LogP contribution >= 0.6 is 0 Å². The van der Waals surface area contributed by atoms with E-state index < -0.39 is 0 Å². The van der Waals surface area contributed by atoms with Gasteiger partial charge in [-0.1, -0.05) is 0 Å². The predicted octanol–water partition coefficient (Wildman–Crippen LogP) is 0.469. The highest BCUT2D eigenvalue weighted by Crippen LogP contribution is 2.19. The second-order valence-electron chi connectivity index (χ2n) is 5.56. The number of carbonyl (C=O) groups excluding carboxylic acids is 1. The number of rotatable bonds is 4. The van der Waals surface area contributed by atoms with E-state index in [4.69, 9.17) is 0 Å². The first-order valence-corrected chi connectivity index (χ1v) is 7.12. The number of aliphatic hydroxyl groups excluding tert-OH is 1. The van der Waals surface area contributed by atoms with Crippen molar-refractivity contribution >= 4 is 6.03 Å². The van der Waals surface area contributed by atoms with Gasteiger partial charge in [-0.25, -0.2) is 9.78 Å². The van der Waals surface area contributed by atoms with E-state index in [0.717, 1.165) is 19.4 Å². The highest BCUT2D eigenvalue weighted by molar-refractivity contribution is 5.74. The monoisotopic (exact) mass is 281 g/mol. The highest BCUT2D eigenvalue weighted by Gasteiger charge is 2.26. The van der Waals surface area contributed by atoms with Crippen LogP contribution in [0.4, 0.5) is 4.79 Å². The first-order chi connectivity index (χ1) is 9.56. The third kappa shape index (κ3) is 3.93. The number of aromatic nitrogens is 3. The molecule has 2 rings (SSSR count). The van der Waals surface area contributed by atoms with Crippen LogP contribution < -0.4 is 5.32 Å². The maximum absolute atomic E-state index is 12.2. The minimum Gasteiger partial charge on any atom is -0.393 e. The van der Waals surface area contributed by atoms with Crippen molar-refractivity contribution in [2.75, 3.05) is 13.1 Å². The number of urea groups is 1. The first kappa shape index (κ1) is 14.8. The Morgan fingerprint density at radius 2 is 2.35 bits per heavy atom. The first-order valence-electron chi connectivity index (χ1n) is 7.12. The summed E-state index contributed by atoms with van der Waals surface area (Å²) in [5, 5.41) is 16.6. The molecular weight excluding hydrogens is 258 g/mol. The predicted molar refractivity (Wildman–Crippen MR) is 74.0 cm³/mol. The summed E-state index contributed by atoms with van der Waals surface area (Å²) in [5.41, 5.74) is 0. The lowest BCUT2D eigenvalue weighted by atomic mass is 9.94. The summed E-state index contributed by atoms with van der Waals surface area (Å²) in [6, 6.07) is -0.0842. The summed E-state index contributed by atoms with van der Waals surface area (Å²) in [7, 11) is 0. The van der Waals surface area contributed by atoms with Crippen molar-refractivity contribution in [1.82, 2.24) is 25.0 Å². The van der Waals surface area contributed by atoms with E-state index in [1.807, 2.05) is 6.92 Å². The van der Waals surface area contributed by atoms with Gasteiger partial charge in [-0.3, -0.25) is 4.68 Å². The normalized spacial score (nSPS) is 22.4. The minimum absolute atomic E-state index is 0.0175. The van der Waals surface area contributed by atoms with Crippen LogP contribution in [0.1, 0.15) is 26.7 Å². The van der Waals surface area contributed by atoms with Gasteiger partial charge < -0.3 is 15.3 Å². The number of piperidine rings is 1. The van der Waals surface area contributed by atoms with Crippen LogP contribution in [-0.4, -0.2) is 56.0 Å². The van der Waals surface area contributed by atoms with Crippen LogP contribution in [0.25, 0.3) is 0 Å². The number of hydrogen-bond acceptors (Lipinski definition) is 4. The lowest BCUT2D eigenvalue weighted by molar-refractivity contribution is 0.0733. The molecule has 0 saturated carbocycles. The van der Waals surface area contributed by atoms with Crippen LogP contribution in [-0.2, 0) is 6.54 Å². The summed E-state index contributed by atoms with van der Waals surface area (Å²) in [6.07, 6.45) is 4.67. The van der Waals surface area contributed by atoms with E-state index in [9.17, 15) is 9.90 Å². The molecular formula is C13H23N5O2. The average molecular weight is 281 g/mol. The van der Waals surface area contributed by atoms with Crippen LogP contribution in [0.3, 0.4) is 0 Å². The van der Waals surface area contributed by atoms with E-state index in [1.165, 1.54) is 6.33 Å². The summed E-state index contributed by atoms with van der Waals surface area (Å²) >= 11 is 0. The number of nitrogens with zero attached hydrogens (tertiary/aromatic N) is 4. The Kier molecular flexibility index (Phi) is 4.94. The van der Waals surface area contributed by atoms with Gasteiger partial charge >= 0.3 is 6.03 Å². The quantitative estimate of drug-likeness (QED) is 0.840. The Hall–Kier alpha value is -1.63. The molecule has 2 N–H and O–H groups in total. The fraction of sp³-hybridized carbons (Fsp3) is 0.769. The Labute approximate surface area is 119 Å². The third-order valence-electron chi connectivity index (χ3n) is 3.72. The summed E-state index contributed by atoms with van der Waals surface area (Å²) in [5.74, 6) is 0.181. The molecule has 1 aromatic heterocycles. The average Bonchev–Trinajstić information content (AvgIpc) is 2.91. The minimum atomic E-state index is -0.363. The van der Waals surface area contributed by atoms with Gasteiger partial charge in [-0.05, 0) is 26.7 Å². The molecule has 112 valence electrons.